The van der Waals surface area contributed by atoms with Crippen molar-refractivity contribution in [3.05, 3.63) is 65.7 Å². The number of methoxy groups -OCH3 is 3. The third-order valence-electron chi connectivity index (χ3n) is 5.30. The van der Waals surface area contributed by atoms with Gasteiger partial charge in [0.15, 0.2) is 0 Å². The van der Waals surface area contributed by atoms with Gasteiger partial charge in [-0.25, -0.2) is 0 Å². The maximum absolute atomic E-state index is 5.97. The van der Waals surface area contributed by atoms with E-state index < -0.39 is 0 Å². The Balaban J connectivity index is 2.12. The molecule has 0 aliphatic carbocycles. The SMILES string of the molecule is COCO[C@@H](/C=C\c1ccc(OC)cc1)[C@@H](C)N(C)[C@H](C)c1ccc(OC)cc1. The Labute approximate surface area is 174 Å². The molecule has 0 bridgehead atoms. The summed E-state index contributed by atoms with van der Waals surface area (Å²) in [7, 11) is 7.10. The first kappa shape index (κ1) is 22.9. The van der Waals surface area contributed by atoms with Gasteiger partial charge in [-0.2, -0.15) is 0 Å². The van der Waals surface area contributed by atoms with Crippen molar-refractivity contribution < 1.29 is 18.9 Å². The Bertz CT molecular complexity index is 742. The number of benzene rings is 2. The Morgan fingerprint density at radius 1 is 0.862 bits per heavy atom. The van der Waals surface area contributed by atoms with Crippen LogP contribution >= 0.6 is 0 Å². The molecule has 0 saturated carbocycles. The molecule has 0 aliphatic rings. The zero-order chi connectivity index (χ0) is 21.2. The summed E-state index contributed by atoms with van der Waals surface area (Å²) in [5, 5.41) is 0. The summed E-state index contributed by atoms with van der Waals surface area (Å²) in [5.41, 5.74) is 2.32. The monoisotopic (exact) mass is 399 g/mol. The van der Waals surface area contributed by atoms with E-state index in [1.165, 1.54) is 5.56 Å². The van der Waals surface area contributed by atoms with Gasteiger partial charge in [-0.3, -0.25) is 4.90 Å². The molecule has 2 aromatic carbocycles. The van der Waals surface area contributed by atoms with Crippen LogP contribution in [-0.4, -0.2) is 52.2 Å². The summed E-state index contributed by atoms with van der Waals surface area (Å²) in [6.45, 7) is 4.60. The van der Waals surface area contributed by atoms with Gasteiger partial charge in [0.05, 0.1) is 20.3 Å². The van der Waals surface area contributed by atoms with Gasteiger partial charge < -0.3 is 18.9 Å². The molecule has 2 aromatic rings. The van der Waals surface area contributed by atoms with E-state index in [9.17, 15) is 0 Å². The van der Waals surface area contributed by atoms with Crippen LogP contribution < -0.4 is 9.47 Å². The minimum Gasteiger partial charge on any atom is -0.497 e. The number of hydrogen-bond donors (Lipinski definition) is 0. The summed E-state index contributed by atoms with van der Waals surface area (Å²) < 4.78 is 21.6. The van der Waals surface area contributed by atoms with Gasteiger partial charge in [-0.15, -0.1) is 0 Å². The van der Waals surface area contributed by atoms with Crippen molar-refractivity contribution in [2.24, 2.45) is 0 Å². The van der Waals surface area contributed by atoms with Crippen LogP contribution in [0.15, 0.2) is 54.6 Å². The van der Waals surface area contributed by atoms with Gasteiger partial charge >= 0.3 is 0 Å². The molecule has 0 aliphatic heterocycles. The zero-order valence-electron chi connectivity index (χ0n) is 18.3. The molecule has 0 spiro atoms. The van der Waals surface area contributed by atoms with E-state index in [1.807, 2.05) is 36.4 Å². The lowest BCUT2D eigenvalue weighted by Crippen LogP contribution is -2.41. The van der Waals surface area contributed by atoms with Crippen LogP contribution in [0.4, 0.5) is 0 Å². The van der Waals surface area contributed by atoms with Crippen LogP contribution in [0.5, 0.6) is 11.5 Å². The van der Waals surface area contributed by atoms with Crippen molar-refractivity contribution >= 4 is 6.08 Å². The second kappa shape index (κ2) is 11.6. The van der Waals surface area contributed by atoms with Gasteiger partial charge in [0, 0.05) is 19.2 Å². The Kier molecular flexibility index (Phi) is 9.19. The highest BCUT2D eigenvalue weighted by atomic mass is 16.7. The Hall–Kier alpha value is -2.34. The maximum atomic E-state index is 5.97. The maximum Gasteiger partial charge on any atom is 0.147 e. The van der Waals surface area contributed by atoms with E-state index in [1.54, 1.807) is 21.3 Å². The lowest BCUT2D eigenvalue weighted by molar-refractivity contribution is -0.0795. The highest BCUT2D eigenvalue weighted by Crippen LogP contribution is 2.25. The molecule has 0 saturated heterocycles. The van der Waals surface area contributed by atoms with Crippen LogP contribution in [0.2, 0.25) is 0 Å². The minimum atomic E-state index is -0.122. The van der Waals surface area contributed by atoms with Crippen LogP contribution in [0.25, 0.3) is 6.08 Å². The zero-order valence-corrected chi connectivity index (χ0v) is 18.3. The third kappa shape index (κ3) is 6.60. The molecular weight excluding hydrogens is 366 g/mol. The summed E-state index contributed by atoms with van der Waals surface area (Å²) >= 11 is 0. The molecule has 0 aromatic heterocycles. The first-order valence-corrected chi connectivity index (χ1v) is 9.78. The quantitative estimate of drug-likeness (QED) is 0.508. The van der Waals surface area contributed by atoms with E-state index in [0.29, 0.717) is 0 Å². The second-order valence-corrected chi connectivity index (χ2v) is 7.03. The fourth-order valence-corrected chi connectivity index (χ4v) is 3.13. The molecule has 5 nitrogen and oxygen atoms in total. The molecule has 0 N–H and O–H groups in total. The third-order valence-corrected chi connectivity index (χ3v) is 5.30. The van der Waals surface area contributed by atoms with Crippen molar-refractivity contribution in [2.75, 3.05) is 35.2 Å². The van der Waals surface area contributed by atoms with E-state index in [2.05, 4.69) is 50.1 Å². The normalized spacial score (nSPS) is 14.7. The number of ether oxygens (including phenoxy) is 4. The average Bonchev–Trinajstić information content (AvgIpc) is 2.78. The molecule has 0 amide bonds. The van der Waals surface area contributed by atoms with Gasteiger partial charge in [0.25, 0.3) is 0 Å². The molecule has 0 heterocycles. The fraction of sp³-hybridized carbons (Fsp3) is 0.417. The molecule has 3 atom stereocenters. The smallest absolute Gasteiger partial charge is 0.147 e. The summed E-state index contributed by atoms with van der Waals surface area (Å²) in [5.74, 6) is 1.70. The van der Waals surface area contributed by atoms with Crippen molar-refractivity contribution in [3.8, 4) is 11.5 Å². The molecule has 29 heavy (non-hydrogen) atoms. The first-order valence-electron chi connectivity index (χ1n) is 9.78. The molecule has 0 fully saturated rings. The number of hydrogen-bond acceptors (Lipinski definition) is 5. The molecule has 0 unspecified atom stereocenters. The van der Waals surface area contributed by atoms with Crippen LogP contribution in [0, 0.1) is 0 Å². The van der Waals surface area contributed by atoms with E-state index >= 15 is 0 Å². The molecule has 5 heteroatoms. The minimum absolute atomic E-state index is 0.122. The van der Waals surface area contributed by atoms with E-state index in [0.717, 1.165) is 17.1 Å². The highest BCUT2D eigenvalue weighted by Gasteiger charge is 2.24. The standard InChI is InChI=1S/C24H33NO4/c1-18(21-10-14-23(28-6)15-11-21)25(3)19(2)24(29-17-26-4)16-9-20-7-12-22(27-5)13-8-20/h7-16,18-19,24H,17H2,1-6H3/b16-9-/t18-,19-,24+/m1/s1. The topological polar surface area (TPSA) is 40.2 Å². The van der Waals surface area contributed by atoms with Crippen LogP contribution in [0.3, 0.4) is 0 Å². The second-order valence-electron chi connectivity index (χ2n) is 7.03. The first-order chi connectivity index (χ1) is 14.0. The van der Waals surface area contributed by atoms with Gasteiger partial charge in [-0.1, -0.05) is 36.4 Å². The summed E-state index contributed by atoms with van der Waals surface area (Å²) in [6, 6.07) is 16.5. The van der Waals surface area contributed by atoms with Crippen LogP contribution in [-0.2, 0) is 9.47 Å². The summed E-state index contributed by atoms with van der Waals surface area (Å²) in [4.78, 5) is 2.31. The lowest BCUT2D eigenvalue weighted by atomic mass is 10.0. The Morgan fingerprint density at radius 2 is 1.41 bits per heavy atom. The van der Waals surface area contributed by atoms with Crippen molar-refractivity contribution in [2.45, 2.75) is 32.0 Å². The fourth-order valence-electron chi connectivity index (χ4n) is 3.13. The van der Waals surface area contributed by atoms with Crippen LogP contribution in [0.1, 0.15) is 31.0 Å². The van der Waals surface area contributed by atoms with Gasteiger partial charge in [0.2, 0.25) is 0 Å². The molecule has 0 radical (unpaired) electrons. The van der Waals surface area contributed by atoms with Crippen molar-refractivity contribution in [1.82, 2.24) is 4.90 Å². The predicted octanol–water partition coefficient (Wildman–Crippen LogP) is 4.79. The number of likely N-dealkylation sites (N-methyl/N-ethyl adjacent to an activating group) is 1. The van der Waals surface area contributed by atoms with E-state index in [-0.39, 0.29) is 25.0 Å². The van der Waals surface area contributed by atoms with Crippen molar-refractivity contribution in [3.63, 3.8) is 0 Å². The number of rotatable bonds is 11. The largest absolute Gasteiger partial charge is 0.497 e. The van der Waals surface area contributed by atoms with E-state index in [4.69, 9.17) is 18.9 Å². The predicted molar refractivity (Wildman–Crippen MR) is 117 cm³/mol. The van der Waals surface area contributed by atoms with Gasteiger partial charge in [0.1, 0.15) is 18.3 Å². The molecule has 2 rings (SSSR count). The average molecular weight is 400 g/mol. The molecular formula is C24H33NO4. The molecule has 158 valence electrons. The number of nitrogens with zero attached hydrogens (tertiary/aromatic N) is 1. The van der Waals surface area contributed by atoms with Gasteiger partial charge in [-0.05, 0) is 56.3 Å². The highest BCUT2D eigenvalue weighted by molar-refractivity contribution is 5.51. The summed E-state index contributed by atoms with van der Waals surface area (Å²) in [6.07, 6.45) is 4.04. The Morgan fingerprint density at radius 3 is 1.93 bits per heavy atom. The lowest BCUT2D eigenvalue weighted by Gasteiger charge is -2.35. The van der Waals surface area contributed by atoms with Crippen molar-refractivity contribution in [1.29, 1.82) is 0 Å².